The molecular formula is C19H28N4O. The zero-order chi connectivity index (χ0) is 16.9. The van der Waals surface area contributed by atoms with Gasteiger partial charge in [-0.1, -0.05) is 19.8 Å². The van der Waals surface area contributed by atoms with Crippen molar-refractivity contribution in [3.05, 3.63) is 24.0 Å². The highest BCUT2D eigenvalue weighted by molar-refractivity contribution is 5.92. The van der Waals surface area contributed by atoms with Crippen LogP contribution in [0.4, 0.5) is 5.69 Å². The SMILES string of the molecule is CCC(=O)Nc1ccc2c(c1)nc(CN1CCCCCC1)n2CC. The van der Waals surface area contributed by atoms with E-state index in [2.05, 4.69) is 27.8 Å². The van der Waals surface area contributed by atoms with Gasteiger partial charge in [0.1, 0.15) is 5.82 Å². The largest absolute Gasteiger partial charge is 0.327 e. The maximum Gasteiger partial charge on any atom is 0.224 e. The highest BCUT2D eigenvalue weighted by atomic mass is 16.1. The molecule has 1 aliphatic rings. The van der Waals surface area contributed by atoms with E-state index in [9.17, 15) is 4.79 Å². The topological polar surface area (TPSA) is 50.2 Å². The van der Waals surface area contributed by atoms with Crippen LogP contribution in [0.25, 0.3) is 11.0 Å². The second kappa shape index (κ2) is 7.79. The second-order valence-corrected chi connectivity index (χ2v) is 6.57. The van der Waals surface area contributed by atoms with Crippen LogP contribution >= 0.6 is 0 Å². The minimum atomic E-state index is 0.0362. The first kappa shape index (κ1) is 17.0. The first-order valence-corrected chi connectivity index (χ1v) is 9.22. The number of rotatable bonds is 5. The van der Waals surface area contributed by atoms with Crippen LogP contribution in [0.3, 0.4) is 0 Å². The summed E-state index contributed by atoms with van der Waals surface area (Å²) in [7, 11) is 0. The van der Waals surface area contributed by atoms with Crippen LogP contribution in [0.15, 0.2) is 18.2 Å². The van der Waals surface area contributed by atoms with E-state index in [0.717, 1.165) is 35.6 Å². The molecule has 0 atom stereocenters. The number of aryl methyl sites for hydroxylation is 1. The van der Waals surface area contributed by atoms with Gasteiger partial charge in [-0.15, -0.1) is 0 Å². The highest BCUT2D eigenvalue weighted by Gasteiger charge is 2.15. The maximum absolute atomic E-state index is 11.6. The van der Waals surface area contributed by atoms with E-state index in [1.165, 1.54) is 38.8 Å². The van der Waals surface area contributed by atoms with E-state index in [4.69, 9.17) is 4.98 Å². The summed E-state index contributed by atoms with van der Waals surface area (Å²) in [6.45, 7) is 8.20. The molecule has 1 fully saturated rings. The van der Waals surface area contributed by atoms with Gasteiger partial charge < -0.3 is 9.88 Å². The summed E-state index contributed by atoms with van der Waals surface area (Å²) in [5, 5.41) is 2.92. The Morgan fingerprint density at radius 2 is 1.92 bits per heavy atom. The van der Waals surface area contributed by atoms with Crippen LogP contribution in [0.2, 0.25) is 0 Å². The lowest BCUT2D eigenvalue weighted by molar-refractivity contribution is -0.115. The number of likely N-dealkylation sites (tertiary alicyclic amines) is 1. The van der Waals surface area contributed by atoms with Crippen LogP contribution in [-0.4, -0.2) is 33.4 Å². The summed E-state index contributed by atoms with van der Waals surface area (Å²) >= 11 is 0. The molecule has 1 saturated heterocycles. The van der Waals surface area contributed by atoms with Gasteiger partial charge in [-0.2, -0.15) is 0 Å². The molecule has 0 unspecified atom stereocenters. The van der Waals surface area contributed by atoms with Crippen LogP contribution < -0.4 is 5.32 Å². The third kappa shape index (κ3) is 3.78. The molecule has 5 heteroatoms. The molecule has 3 rings (SSSR count). The van der Waals surface area contributed by atoms with E-state index < -0.39 is 0 Å². The predicted molar refractivity (Wildman–Crippen MR) is 98.1 cm³/mol. The fourth-order valence-electron chi connectivity index (χ4n) is 3.47. The Kier molecular flexibility index (Phi) is 5.51. The van der Waals surface area contributed by atoms with Crippen molar-refractivity contribution in [2.75, 3.05) is 18.4 Å². The van der Waals surface area contributed by atoms with Gasteiger partial charge in [0.15, 0.2) is 0 Å². The Morgan fingerprint density at radius 1 is 1.17 bits per heavy atom. The molecule has 0 aliphatic carbocycles. The summed E-state index contributed by atoms with van der Waals surface area (Å²) in [6.07, 6.45) is 5.77. The smallest absolute Gasteiger partial charge is 0.224 e. The van der Waals surface area contributed by atoms with Crippen molar-refractivity contribution < 1.29 is 4.79 Å². The van der Waals surface area contributed by atoms with Gasteiger partial charge in [0.25, 0.3) is 0 Å². The lowest BCUT2D eigenvalue weighted by Gasteiger charge is -2.19. The molecule has 2 heterocycles. The van der Waals surface area contributed by atoms with Gasteiger partial charge in [-0.3, -0.25) is 9.69 Å². The Hall–Kier alpha value is -1.88. The molecule has 2 aromatic rings. The molecule has 1 amide bonds. The van der Waals surface area contributed by atoms with E-state index in [0.29, 0.717) is 6.42 Å². The third-order valence-electron chi connectivity index (χ3n) is 4.81. The lowest BCUT2D eigenvalue weighted by atomic mass is 10.2. The number of nitrogens with zero attached hydrogens (tertiary/aromatic N) is 3. The maximum atomic E-state index is 11.6. The molecular weight excluding hydrogens is 300 g/mol. The summed E-state index contributed by atoms with van der Waals surface area (Å²) in [5.41, 5.74) is 2.95. The van der Waals surface area contributed by atoms with Crippen molar-refractivity contribution in [3.8, 4) is 0 Å². The van der Waals surface area contributed by atoms with Gasteiger partial charge in [-0.25, -0.2) is 4.98 Å². The van der Waals surface area contributed by atoms with E-state index in [1.807, 2.05) is 19.1 Å². The number of nitrogens with one attached hydrogen (secondary N) is 1. The monoisotopic (exact) mass is 328 g/mol. The number of hydrogen-bond acceptors (Lipinski definition) is 3. The van der Waals surface area contributed by atoms with E-state index in [-0.39, 0.29) is 5.91 Å². The quantitative estimate of drug-likeness (QED) is 0.908. The molecule has 0 saturated carbocycles. The van der Waals surface area contributed by atoms with Crippen molar-refractivity contribution in [2.24, 2.45) is 0 Å². The number of imidazole rings is 1. The minimum Gasteiger partial charge on any atom is -0.327 e. The summed E-state index contributed by atoms with van der Waals surface area (Å²) < 4.78 is 2.30. The fourth-order valence-corrected chi connectivity index (χ4v) is 3.47. The van der Waals surface area contributed by atoms with Crippen molar-refractivity contribution in [2.45, 2.75) is 59.0 Å². The first-order chi connectivity index (χ1) is 11.7. The number of hydrogen-bond donors (Lipinski definition) is 1. The number of amides is 1. The number of carbonyl (C=O) groups is 1. The summed E-state index contributed by atoms with van der Waals surface area (Å²) in [4.78, 5) is 19.0. The zero-order valence-electron chi connectivity index (χ0n) is 14.8. The highest BCUT2D eigenvalue weighted by Crippen LogP contribution is 2.22. The molecule has 0 radical (unpaired) electrons. The number of fused-ring (bicyclic) bond motifs is 1. The number of aromatic nitrogens is 2. The third-order valence-corrected chi connectivity index (χ3v) is 4.81. The normalized spacial score (nSPS) is 16.2. The van der Waals surface area contributed by atoms with Gasteiger partial charge in [-0.05, 0) is 51.1 Å². The van der Waals surface area contributed by atoms with E-state index in [1.54, 1.807) is 0 Å². The number of benzene rings is 1. The average Bonchev–Trinajstić information content (AvgIpc) is 2.73. The Balaban J connectivity index is 1.85. The number of carbonyl (C=O) groups excluding carboxylic acids is 1. The van der Waals surface area contributed by atoms with Crippen molar-refractivity contribution in [3.63, 3.8) is 0 Å². The zero-order valence-corrected chi connectivity index (χ0v) is 14.8. The summed E-state index contributed by atoms with van der Waals surface area (Å²) in [5.74, 6) is 1.17. The van der Waals surface area contributed by atoms with Crippen LogP contribution in [0.1, 0.15) is 51.8 Å². The van der Waals surface area contributed by atoms with Crippen LogP contribution in [0.5, 0.6) is 0 Å². The van der Waals surface area contributed by atoms with Crippen molar-refractivity contribution in [1.29, 1.82) is 0 Å². The number of anilines is 1. The molecule has 130 valence electrons. The minimum absolute atomic E-state index is 0.0362. The Labute approximate surface area is 144 Å². The van der Waals surface area contributed by atoms with Crippen molar-refractivity contribution >= 4 is 22.6 Å². The second-order valence-electron chi connectivity index (χ2n) is 6.57. The summed E-state index contributed by atoms with van der Waals surface area (Å²) in [6, 6.07) is 6.03. The standard InChI is InChI=1S/C19H28N4O/c1-3-19(24)20-15-9-10-17-16(13-15)21-18(23(17)4-2)14-22-11-7-5-6-8-12-22/h9-10,13H,3-8,11-12,14H2,1-2H3,(H,20,24). The van der Waals surface area contributed by atoms with Gasteiger partial charge >= 0.3 is 0 Å². The fraction of sp³-hybridized carbons (Fsp3) is 0.579. The Bertz CT molecular complexity index is 699. The Morgan fingerprint density at radius 3 is 2.58 bits per heavy atom. The molecule has 5 nitrogen and oxygen atoms in total. The predicted octanol–water partition coefficient (Wildman–Crippen LogP) is 3.78. The average molecular weight is 328 g/mol. The molecule has 0 bridgehead atoms. The van der Waals surface area contributed by atoms with Crippen LogP contribution in [0, 0.1) is 0 Å². The molecule has 0 spiro atoms. The molecule has 1 N–H and O–H groups in total. The van der Waals surface area contributed by atoms with Crippen molar-refractivity contribution in [1.82, 2.24) is 14.5 Å². The molecule has 24 heavy (non-hydrogen) atoms. The van der Waals surface area contributed by atoms with Crippen LogP contribution in [-0.2, 0) is 17.9 Å². The van der Waals surface area contributed by atoms with E-state index >= 15 is 0 Å². The molecule has 1 aromatic carbocycles. The lowest BCUT2D eigenvalue weighted by Crippen LogP contribution is -2.25. The van der Waals surface area contributed by atoms with Gasteiger partial charge in [0.2, 0.25) is 5.91 Å². The van der Waals surface area contributed by atoms with Gasteiger partial charge in [0.05, 0.1) is 17.6 Å². The van der Waals surface area contributed by atoms with Gasteiger partial charge in [0, 0.05) is 18.7 Å². The molecule has 1 aliphatic heterocycles. The first-order valence-electron chi connectivity index (χ1n) is 9.22. The molecule has 1 aromatic heterocycles.